The summed E-state index contributed by atoms with van der Waals surface area (Å²) in [5.41, 5.74) is 1.40. The van der Waals surface area contributed by atoms with Gasteiger partial charge in [-0.2, -0.15) is 0 Å². The molecule has 0 aliphatic carbocycles. The van der Waals surface area contributed by atoms with Crippen LogP contribution < -0.4 is 14.5 Å². The molecular weight excluding hydrogens is 538 g/mol. The van der Waals surface area contributed by atoms with E-state index in [2.05, 4.69) is 20.1 Å². The third kappa shape index (κ3) is 4.65. The summed E-state index contributed by atoms with van der Waals surface area (Å²) in [6, 6.07) is 15.8. The average molecular weight is 576 g/mol. The highest BCUT2D eigenvalue weighted by molar-refractivity contribution is 8.02. The van der Waals surface area contributed by atoms with Crippen molar-refractivity contribution in [1.29, 1.82) is 0 Å². The molecule has 3 aliphatic heterocycles. The van der Waals surface area contributed by atoms with Gasteiger partial charge in [-0.25, -0.2) is 0 Å². The van der Waals surface area contributed by atoms with Gasteiger partial charge in [0.25, 0.3) is 5.91 Å². The van der Waals surface area contributed by atoms with Gasteiger partial charge in [0, 0.05) is 35.8 Å². The molecule has 3 amide bonds. The predicted octanol–water partition coefficient (Wildman–Crippen LogP) is 3.91. The van der Waals surface area contributed by atoms with E-state index in [-0.39, 0.29) is 37.4 Å². The van der Waals surface area contributed by atoms with E-state index in [4.69, 9.17) is 4.74 Å². The molecule has 5 rings (SSSR count). The van der Waals surface area contributed by atoms with Crippen LogP contribution in [0.2, 0.25) is 0 Å². The van der Waals surface area contributed by atoms with Gasteiger partial charge in [0.15, 0.2) is 0 Å². The van der Waals surface area contributed by atoms with Gasteiger partial charge in [-0.15, -0.1) is 24.9 Å². The smallest absolute Gasteiger partial charge is 0.251 e. The summed E-state index contributed by atoms with van der Waals surface area (Å²) < 4.78 is 3.99. The van der Waals surface area contributed by atoms with Crippen LogP contribution in [0.4, 0.5) is 11.4 Å². The normalized spacial score (nSPS) is 27.8. The number of rotatable bonds is 11. The van der Waals surface area contributed by atoms with Crippen molar-refractivity contribution in [1.82, 2.24) is 4.90 Å². The molecule has 3 heterocycles. The monoisotopic (exact) mass is 575 g/mol. The number of β-amino-alcohol motifs (C(OH)–C–C–N with tert-alkyl or cyclic N) is 1. The summed E-state index contributed by atoms with van der Waals surface area (Å²) in [6.07, 6.45) is 4.68. The maximum Gasteiger partial charge on any atom is 0.251 e. The van der Waals surface area contributed by atoms with Crippen LogP contribution in [0.3, 0.4) is 0 Å². The topological polar surface area (TPSA) is 90.4 Å². The maximum absolute atomic E-state index is 14.5. The summed E-state index contributed by atoms with van der Waals surface area (Å²) in [7, 11) is 1.58. The highest BCUT2D eigenvalue weighted by Gasteiger charge is 2.77. The Labute approximate surface area is 245 Å². The lowest BCUT2D eigenvalue weighted by Crippen LogP contribution is -2.55. The van der Waals surface area contributed by atoms with E-state index in [9.17, 15) is 19.5 Å². The molecule has 41 heavy (non-hydrogen) atoms. The number of thioether (sulfide) groups is 1. The van der Waals surface area contributed by atoms with Gasteiger partial charge in [-0.05, 0) is 56.2 Å². The van der Waals surface area contributed by atoms with Crippen molar-refractivity contribution in [3.63, 3.8) is 0 Å². The molecular formula is C32H37N3O5S. The quantitative estimate of drug-likeness (QED) is 0.409. The average Bonchev–Trinajstić information content (AvgIpc) is 3.55. The van der Waals surface area contributed by atoms with Crippen molar-refractivity contribution < 1.29 is 24.2 Å². The lowest BCUT2D eigenvalue weighted by Gasteiger charge is -2.38. The van der Waals surface area contributed by atoms with E-state index in [1.54, 1.807) is 53.0 Å². The highest BCUT2D eigenvalue weighted by atomic mass is 32.2. The molecule has 8 nitrogen and oxygen atoms in total. The van der Waals surface area contributed by atoms with E-state index < -0.39 is 27.4 Å². The van der Waals surface area contributed by atoms with Crippen molar-refractivity contribution in [2.75, 3.05) is 43.2 Å². The molecule has 2 aromatic carbocycles. The van der Waals surface area contributed by atoms with E-state index in [1.807, 2.05) is 42.5 Å². The molecule has 0 aromatic heterocycles. The predicted molar refractivity (Wildman–Crippen MR) is 162 cm³/mol. The van der Waals surface area contributed by atoms with Crippen LogP contribution in [0.5, 0.6) is 5.75 Å². The number of hydrogen-bond acceptors (Lipinski definition) is 6. The Bertz CT molecular complexity index is 1330. The second kappa shape index (κ2) is 11.4. The SMILES string of the molecule is C=CCN(C(=O)C1N(CCO)C(=O)[C@@H]2[C@H](C(=O)N(CC=C)c3ccccc3)[C@]3(C)CCC12S3)c1ccc(OC)cc1. The maximum atomic E-state index is 14.5. The van der Waals surface area contributed by atoms with Crippen LogP contribution >= 0.6 is 11.8 Å². The number of aliphatic hydroxyl groups excluding tert-OH is 1. The molecule has 0 radical (unpaired) electrons. The van der Waals surface area contributed by atoms with Crippen molar-refractivity contribution in [2.24, 2.45) is 11.8 Å². The molecule has 3 fully saturated rings. The molecule has 1 N–H and O–H groups in total. The molecule has 2 aromatic rings. The summed E-state index contributed by atoms with van der Waals surface area (Å²) in [4.78, 5) is 48.0. The van der Waals surface area contributed by atoms with Crippen molar-refractivity contribution >= 4 is 40.9 Å². The van der Waals surface area contributed by atoms with Crippen molar-refractivity contribution in [3.8, 4) is 5.75 Å². The van der Waals surface area contributed by atoms with Crippen LogP contribution in [0.25, 0.3) is 0 Å². The lowest BCUT2D eigenvalue weighted by molar-refractivity contribution is -0.140. The molecule has 1 spiro atoms. The number of anilines is 2. The number of benzene rings is 2. The molecule has 2 bridgehead atoms. The first-order valence-electron chi connectivity index (χ1n) is 13.9. The number of carbonyl (C=O) groups is 3. The van der Waals surface area contributed by atoms with Gasteiger partial charge in [0.05, 0.1) is 30.3 Å². The number of carbonyl (C=O) groups excluding carboxylic acids is 3. The minimum absolute atomic E-state index is 0.0191. The minimum Gasteiger partial charge on any atom is -0.497 e. The number of fused-ring (bicyclic) bond motifs is 1. The van der Waals surface area contributed by atoms with Gasteiger partial charge in [0.2, 0.25) is 11.8 Å². The van der Waals surface area contributed by atoms with Crippen LogP contribution in [-0.2, 0) is 14.4 Å². The van der Waals surface area contributed by atoms with Gasteiger partial charge in [0.1, 0.15) is 11.8 Å². The van der Waals surface area contributed by atoms with Crippen LogP contribution in [-0.4, -0.2) is 76.6 Å². The second-order valence-electron chi connectivity index (χ2n) is 11.0. The fourth-order valence-electron chi connectivity index (χ4n) is 7.02. The molecule has 5 atom stereocenters. The Morgan fingerprint density at radius 2 is 1.63 bits per heavy atom. The van der Waals surface area contributed by atoms with Gasteiger partial charge < -0.3 is 24.5 Å². The third-order valence-corrected chi connectivity index (χ3v) is 10.7. The van der Waals surface area contributed by atoms with Crippen LogP contribution in [0.1, 0.15) is 19.8 Å². The van der Waals surface area contributed by atoms with E-state index >= 15 is 0 Å². The van der Waals surface area contributed by atoms with Gasteiger partial charge in [-0.3, -0.25) is 14.4 Å². The number of ether oxygens (including phenoxy) is 1. The Hall–Kier alpha value is -3.56. The van der Waals surface area contributed by atoms with E-state index in [0.717, 1.165) is 5.69 Å². The number of methoxy groups -OCH3 is 1. The number of aliphatic hydroxyl groups is 1. The molecule has 3 aliphatic rings. The Morgan fingerprint density at radius 3 is 2.22 bits per heavy atom. The fraction of sp³-hybridized carbons (Fsp3) is 0.406. The molecule has 0 saturated carbocycles. The largest absolute Gasteiger partial charge is 0.497 e. The summed E-state index contributed by atoms with van der Waals surface area (Å²) in [5, 5.41) is 9.98. The molecule has 9 heteroatoms. The highest BCUT2D eigenvalue weighted by Crippen LogP contribution is 2.71. The first-order chi connectivity index (χ1) is 19.8. The number of nitrogens with zero attached hydrogens (tertiary/aromatic N) is 3. The zero-order valence-electron chi connectivity index (χ0n) is 23.6. The van der Waals surface area contributed by atoms with Crippen LogP contribution in [0.15, 0.2) is 79.9 Å². The Balaban J connectivity index is 1.57. The first kappa shape index (κ1) is 29.0. The van der Waals surface area contributed by atoms with E-state index in [1.165, 1.54) is 4.90 Å². The van der Waals surface area contributed by atoms with E-state index in [0.29, 0.717) is 30.8 Å². The number of hydrogen-bond donors (Lipinski definition) is 1. The van der Waals surface area contributed by atoms with Gasteiger partial charge >= 0.3 is 0 Å². The first-order valence-corrected chi connectivity index (χ1v) is 14.7. The van der Waals surface area contributed by atoms with Crippen LogP contribution in [0, 0.1) is 11.8 Å². The van der Waals surface area contributed by atoms with Crippen molar-refractivity contribution in [3.05, 3.63) is 79.9 Å². The standard InChI is InChI=1S/C32H37N3O5S/c1-5-18-33(22-10-8-7-9-11-22)28(37)25-26-29(38)35(20-21-36)27(32(26)17-16-31(25,3)41-32)30(39)34(19-6-2)23-12-14-24(40-4)15-13-23/h5-15,25-27,36H,1-2,16-21H2,3-4H3/t25-,26+,27?,31+,32?/m1/s1. The molecule has 216 valence electrons. The third-order valence-electron chi connectivity index (χ3n) is 8.72. The Morgan fingerprint density at radius 1 is 1.02 bits per heavy atom. The number of likely N-dealkylation sites (tertiary alicyclic amines) is 1. The minimum atomic E-state index is -0.830. The summed E-state index contributed by atoms with van der Waals surface area (Å²) >= 11 is 1.61. The zero-order chi connectivity index (χ0) is 29.4. The molecule has 3 saturated heterocycles. The fourth-order valence-corrected chi connectivity index (χ4v) is 9.36. The van der Waals surface area contributed by atoms with Gasteiger partial charge in [-0.1, -0.05) is 30.4 Å². The number of para-hydroxylation sites is 1. The Kier molecular flexibility index (Phi) is 8.03. The zero-order valence-corrected chi connectivity index (χ0v) is 24.4. The van der Waals surface area contributed by atoms with Crippen molar-refractivity contribution in [2.45, 2.75) is 35.3 Å². The number of amides is 3. The summed E-state index contributed by atoms with van der Waals surface area (Å²) in [5.74, 6) is -1.26. The molecule has 2 unspecified atom stereocenters. The summed E-state index contributed by atoms with van der Waals surface area (Å²) in [6.45, 7) is 10.1. The second-order valence-corrected chi connectivity index (χ2v) is 12.9. The lowest BCUT2D eigenvalue weighted by atomic mass is 9.66.